The van der Waals surface area contributed by atoms with Crippen molar-refractivity contribution in [2.75, 3.05) is 18.1 Å². The lowest BCUT2D eigenvalue weighted by Crippen LogP contribution is -2.08. The molecule has 0 radical (unpaired) electrons. The molecule has 0 amide bonds. The van der Waals surface area contributed by atoms with E-state index in [0.29, 0.717) is 17.9 Å². The van der Waals surface area contributed by atoms with E-state index >= 15 is 0 Å². The molecular weight excluding hydrogens is 225 g/mol. The molecule has 0 aliphatic carbocycles. The molecule has 0 aliphatic rings. The van der Waals surface area contributed by atoms with E-state index in [1.54, 1.807) is 30.8 Å². The largest absolute Gasteiger partial charge is 0.493 e. The van der Waals surface area contributed by atoms with Crippen LogP contribution in [-0.2, 0) is 0 Å². The van der Waals surface area contributed by atoms with Gasteiger partial charge in [0.05, 0.1) is 6.61 Å². The van der Waals surface area contributed by atoms with Crippen molar-refractivity contribution in [2.45, 2.75) is 19.9 Å². The first kappa shape index (κ1) is 13.3. The molecule has 0 heterocycles. The summed E-state index contributed by atoms with van der Waals surface area (Å²) < 4.78 is 18.9. The molecule has 16 heavy (non-hydrogen) atoms. The Kier molecular flexibility index (Phi) is 5.63. The molecule has 0 bridgehead atoms. The summed E-state index contributed by atoms with van der Waals surface area (Å²) >= 11 is 1.80. The number of hydrogen-bond donors (Lipinski definition) is 1. The van der Waals surface area contributed by atoms with Crippen LogP contribution in [0.25, 0.3) is 0 Å². The lowest BCUT2D eigenvalue weighted by atomic mass is 10.1. The van der Waals surface area contributed by atoms with Crippen LogP contribution in [0.3, 0.4) is 0 Å². The minimum atomic E-state index is -0.296. The number of nitrogens with two attached hydrogens (primary N) is 1. The van der Waals surface area contributed by atoms with Crippen molar-refractivity contribution in [2.24, 2.45) is 5.73 Å². The van der Waals surface area contributed by atoms with Gasteiger partial charge in [-0.2, -0.15) is 11.8 Å². The topological polar surface area (TPSA) is 35.2 Å². The van der Waals surface area contributed by atoms with Gasteiger partial charge in [-0.25, -0.2) is 4.39 Å². The first-order valence-electron chi connectivity index (χ1n) is 5.40. The fourth-order valence-corrected chi connectivity index (χ4v) is 1.82. The minimum absolute atomic E-state index is 0.287. The predicted octanol–water partition coefficient (Wildman–Crippen LogP) is 2.98. The highest BCUT2D eigenvalue weighted by Gasteiger charge is 2.07. The fraction of sp³-hybridized carbons (Fsp3) is 0.500. The monoisotopic (exact) mass is 243 g/mol. The summed E-state index contributed by atoms with van der Waals surface area (Å²) in [5.74, 6) is 2.27. The Morgan fingerprint density at radius 2 is 2.25 bits per heavy atom. The van der Waals surface area contributed by atoms with Gasteiger partial charge in [0.15, 0.2) is 0 Å². The standard InChI is InChI=1S/C12H18FNOS/c1-3-16-7-6-15-10-4-5-11(9(2)14)12(13)8-10/h4-5,8-9H,3,6-7,14H2,1-2H3/t9-/m0/s1. The molecule has 0 saturated carbocycles. The fourth-order valence-electron chi connectivity index (χ4n) is 1.33. The maximum absolute atomic E-state index is 13.5. The summed E-state index contributed by atoms with van der Waals surface area (Å²) in [7, 11) is 0. The second-order valence-corrected chi connectivity index (χ2v) is 4.91. The maximum atomic E-state index is 13.5. The molecule has 0 spiro atoms. The summed E-state index contributed by atoms with van der Waals surface area (Å²) in [5, 5.41) is 0. The summed E-state index contributed by atoms with van der Waals surface area (Å²) in [6.07, 6.45) is 0. The van der Waals surface area contributed by atoms with Crippen molar-refractivity contribution < 1.29 is 9.13 Å². The molecule has 1 rings (SSSR count). The van der Waals surface area contributed by atoms with E-state index in [4.69, 9.17) is 10.5 Å². The minimum Gasteiger partial charge on any atom is -0.493 e. The Hall–Kier alpha value is -0.740. The van der Waals surface area contributed by atoms with E-state index in [1.807, 2.05) is 0 Å². The average Bonchev–Trinajstić information content (AvgIpc) is 2.24. The van der Waals surface area contributed by atoms with Gasteiger partial charge >= 0.3 is 0 Å². The molecule has 1 atom stereocenters. The van der Waals surface area contributed by atoms with E-state index in [9.17, 15) is 4.39 Å². The van der Waals surface area contributed by atoms with E-state index in [1.165, 1.54) is 6.07 Å². The third kappa shape index (κ3) is 4.02. The molecule has 90 valence electrons. The molecule has 4 heteroatoms. The SMILES string of the molecule is CCSCCOc1ccc([C@H](C)N)c(F)c1. The highest BCUT2D eigenvalue weighted by molar-refractivity contribution is 7.99. The zero-order valence-corrected chi connectivity index (χ0v) is 10.5. The summed E-state index contributed by atoms with van der Waals surface area (Å²) in [6.45, 7) is 4.47. The average molecular weight is 243 g/mol. The van der Waals surface area contributed by atoms with Gasteiger partial charge in [0, 0.05) is 23.4 Å². The highest BCUT2D eigenvalue weighted by atomic mass is 32.2. The molecule has 1 aromatic rings. The second-order valence-electron chi connectivity index (χ2n) is 3.52. The van der Waals surface area contributed by atoms with E-state index < -0.39 is 0 Å². The summed E-state index contributed by atoms with van der Waals surface area (Å²) in [4.78, 5) is 0. The van der Waals surface area contributed by atoms with Crippen LogP contribution in [0.4, 0.5) is 4.39 Å². The number of ether oxygens (including phenoxy) is 1. The second kappa shape index (κ2) is 6.76. The molecule has 0 fully saturated rings. The molecule has 0 aromatic heterocycles. The highest BCUT2D eigenvalue weighted by Crippen LogP contribution is 2.20. The van der Waals surface area contributed by atoms with Crippen molar-refractivity contribution in [3.63, 3.8) is 0 Å². The summed E-state index contributed by atoms with van der Waals surface area (Å²) in [6, 6.07) is 4.56. The predicted molar refractivity (Wildman–Crippen MR) is 67.5 cm³/mol. The van der Waals surface area contributed by atoms with Crippen LogP contribution in [0.2, 0.25) is 0 Å². The van der Waals surface area contributed by atoms with Crippen molar-refractivity contribution >= 4 is 11.8 Å². The van der Waals surface area contributed by atoms with Gasteiger partial charge in [-0.1, -0.05) is 13.0 Å². The van der Waals surface area contributed by atoms with Crippen molar-refractivity contribution in [1.82, 2.24) is 0 Å². The van der Waals surface area contributed by atoms with E-state index in [0.717, 1.165) is 11.5 Å². The van der Waals surface area contributed by atoms with Crippen LogP contribution < -0.4 is 10.5 Å². The third-order valence-electron chi connectivity index (χ3n) is 2.16. The van der Waals surface area contributed by atoms with E-state index in [-0.39, 0.29) is 11.9 Å². The van der Waals surface area contributed by atoms with E-state index in [2.05, 4.69) is 6.92 Å². The lowest BCUT2D eigenvalue weighted by Gasteiger charge is -2.10. The van der Waals surface area contributed by atoms with Crippen LogP contribution in [0, 0.1) is 5.82 Å². The van der Waals surface area contributed by atoms with Crippen LogP contribution in [0.15, 0.2) is 18.2 Å². The Morgan fingerprint density at radius 1 is 1.50 bits per heavy atom. The Labute approximate surface area is 100 Å². The first-order valence-corrected chi connectivity index (χ1v) is 6.56. The number of halogens is 1. The van der Waals surface area contributed by atoms with Gasteiger partial charge in [-0.15, -0.1) is 0 Å². The molecule has 2 N–H and O–H groups in total. The number of hydrogen-bond acceptors (Lipinski definition) is 3. The quantitative estimate of drug-likeness (QED) is 0.780. The molecule has 1 aromatic carbocycles. The Balaban J connectivity index is 2.53. The van der Waals surface area contributed by atoms with Crippen LogP contribution >= 0.6 is 11.8 Å². The molecule has 0 saturated heterocycles. The van der Waals surface area contributed by atoms with Gasteiger partial charge in [-0.05, 0) is 18.7 Å². The maximum Gasteiger partial charge on any atom is 0.131 e. The third-order valence-corrected chi connectivity index (χ3v) is 3.03. The normalized spacial score (nSPS) is 12.5. The Bertz CT molecular complexity index is 331. The number of benzene rings is 1. The lowest BCUT2D eigenvalue weighted by molar-refractivity contribution is 0.341. The molecular formula is C12H18FNOS. The smallest absolute Gasteiger partial charge is 0.131 e. The van der Waals surface area contributed by atoms with Gasteiger partial charge in [0.25, 0.3) is 0 Å². The molecule has 2 nitrogen and oxygen atoms in total. The van der Waals surface area contributed by atoms with Gasteiger partial charge in [0.2, 0.25) is 0 Å². The van der Waals surface area contributed by atoms with Crippen LogP contribution in [0.5, 0.6) is 5.75 Å². The van der Waals surface area contributed by atoms with Gasteiger partial charge < -0.3 is 10.5 Å². The van der Waals surface area contributed by atoms with Crippen LogP contribution in [0.1, 0.15) is 25.5 Å². The number of rotatable bonds is 6. The van der Waals surface area contributed by atoms with Gasteiger partial charge in [-0.3, -0.25) is 0 Å². The zero-order valence-electron chi connectivity index (χ0n) is 9.70. The molecule has 0 unspecified atom stereocenters. The van der Waals surface area contributed by atoms with Crippen molar-refractivity contribution in [3.8, 4) is 5.75 Å². The molecule has 0 aliphatic heterocycles. The van der Waals surface area contributed by atoms with Crippen LogP contribution in [-0.4, -0.2) is 18.1 Å². The zero-order chi connectivity index (χ0) is 12.0. The van der Waals surface area contributed by atoms with Gasteiger partial charge in [0.1, 0.15) is 11.6 Å². The number of thioether (sulfide) groups is 1. The summed E-state index contributed by atoms with van der Waals surface area (Å²) in [5.41, 5.74) is 6.14. The Morgan fingerprint density at radius 3 is 2.81 bits per heavy atom. The first-order chi connectivity index (χ1) is 7.65. The van der Waals surface area contributed by atoms with Crippen molar-refractivity contribution in [3.05, 3.63) is 29.6 Å². The van der Waals surface area contributed by atoms with Crippen molar-refractivity contribution in [1.29, 1.82) is 0 Å².